The van der Waals surface area contributed by atoms with Gasteiger partial charge in [-0.2, -0.15) is 8.98 Å². The van der Waals surface area contributed by atoms with E-state index in [1.807, 2.05) is 51.2 Å². The fraction of sp³-hybridized carbons (Fsp3) is 0.345. The molecular formula is C29H40FN5S. The van der Waals surface area contributed by atoms with E-state index in [1.54, 1.807) is 10.9 Å². The summed E-state index contributed by atoms with van der Waals surface area (Å²) in [5.41, 5.74) is 7.93. The molecular weight excluding hydrogens is 469 g/mol. The van der Waals surface area contributed by atoms with Crippen molar-refractivity contribution in [3.05, 3.63) is 89.9 Å². The Labute approximate surface area is 220 Å². The molecule has 0 aliphatic carbocycles. The zero-order chi connectivity index (χ0) is 26.7. The van der Waals surface area contributed by atoms with Gasteiger partial charge in [-0.25, -0.2) is 4.68 Å². The van der Waals surface area contributed by atoms with Gasteiger partial charge in [0, 0.05) is 37.1 Å². The molecule has 0 fully saturated rings. The average Bonchev–Trinajstić information content (AvgIpc) is 3.24. The van der Waals surface area contributed by atoms with Crippen molar-refractivity contribution in [1.82, 2.24) is 20.4 Å². The Morgan fingerprint density at radius 1 is 1.11 bits per heavy atom. The van der Waals surface area contributed by atoms with Crippen LogP contribution in [0.5, 0.6) is 0 Å². The number of hydrogen-bond acceptors (Lipinski definition) is 5. The molecule has 2 rings (SSSR count). The molecule has 0 aliphatic heterocycles. The summed E-state index contributed by atoms with van der Waals surface area (Å²) in [6.45, 7) is 22.3. The van der Waals surface area contributed by atoms with Gasteiger partial charge < -0.3 is 16.0 Å². The number of hydrogen-bond donors (Lipinski definition) is 3. The molecule has 0 bridgehead atoms. The maximum absolute atomic E-state index is 13.3. The second kappa shape index (κ2) is 14.4. The van der Waals surface area contributed by atoms with E-state index in [1.165, 1.54) is 5.57 Å². The van der Waals surface area contributed by atoms with Crippen LogP contribution in [0.3, 0.4) is 0 Å². The lowest BCUT2D eigenvalue weighted by Crippen LogP contribution is -2.22. The summed E-state index contributed by atoms with van der Waals surface area (Å²) < 4.78 is 15.0. The van der Waals surface area contributed by atoms with Crippen LogP contribution in [0.15, 0.2) is 83.6 Å². The first-order chi connectivity index (χ1) is 17.2. The minimum Gasteiger partial charge on any atom is -0.388 e. The van der Waals surface area contributed by atoms with Crippen molar-refractivity contribution in [1.29, 1.82) is 0 Å². The molecule has 1 aromatic heterocycles. The minimum atomic E-state index is 0.203. The smallest absolute Gasteiger partial charge is 0.128 e. The molecule has 0 amide bonds. The standard InChI is InChI=1S/C29H40FN5S/c1-9-21(4)29(20(2)3)23(6)32-16-12-13-17-33-28(35-24(7)27(36-30)19-34-35)18-22(5)25-14-10-11-15-26(25)31-8/h10-11,14-15,18-19,31-33H,2,5-6,9,12-13,16-17H2,1,3-4,7-8H3/b28-18-,29-21+. The van der Waals surface area contributed by atoms with Crippen LogP contribution in [-0.4, -0.2) is 29.9 Å². The lowest BCUT2D eigenvalue weighted by molar-refractivity contribution is 0.647. The molecule has 0 atom stereocenters. The zero-order valence-electron chi connectivity index (χ0n) is 22.3. The van der Waals surface area contributed by atoms with E-state index < -0.39 is 0 Å². The van der Waals surface area contributed by atoms with E-state index in [4.69, 9.17) is 0 Å². The van der Waals surface area contributed by atoms with Crippen molar-refractivity contribution in [3.8, 4) is 0 Å². The van der Waals surface area contributed by atoms with E-state index in [2.05, 4.69) is 54.6 Å². The van der Waals surface area contributed by atoms with Gasteiger partial charge in [0.2, 0.25) is 0 Å². The summed E-state index contributed by atoms with van der Waals surface area (Å²) in [5, 5.41) is 14.5. The summed E-state index contributed by atoms with van der Waals surface area (Å²) >= 11 is 0.203. The van der Waals surface area contributed by atoms with Gasteiger partial charge in [-0.1, -0.05) is 50.4 Å². The highest BCUT2D eigenvalue weighted by Crippen LogP contribution is 2.27. The van der Waals surface area contributed by atoms with Crippen molar-refractivity contribution in [2.75, 3.05) is 25.5 Å². The summed E-state index contributed by atoms with van der Waals surface area (Å²) in [7, 11) is 1.89. The second-order valence-corrected chi connectivity index (χ2v) is 9.36. The SMILES string of the molecule is C=C(C)/C(C(=C)NCCCCN/C(=C/C(=C)c1ccccc1NC)n1ncc(SF)c1C)=C(/C)CC. The Balaban J connectivity index is 2.07. The van der Waals surface area contributed by atoms with Crippen LogP contribution in [0.4, 0.5) is 9.57 Å². The number of aromatic nitrogens is 2. The number of nitrogens with one attached hydrogen (secondary N) is 3. The molecule has 0 saturated heterocycles. The van der Waals surface area contributed by atoms with E-state index in [9.17, 15) is 3.89 Å². The third-order valence-corrected chi connectivity index (χ3v) is 6.63. The first kappa shape index (κ1) is 29.0. The topological polar surface area (TPSA) is 53.9 Å². The second-order valence-electron chi connectivity index (χ2n) is 8.76. The lowest BCUT2D eigenvalue weighted by Gasteiger charge is -2.17. The Kier molecular flexibility index (Phi) is 11.6. The van der Waals surface area contributed by atoms with Crippen LogP contribution in [0.1, 0.15) is 51.3 Å². The fourth-order valence-corrected chi connectivity index (χ4v) is 4.26. The zero-order valence-corrected chi connectivity index (χ0v) is 23.1. The fourth-order valence-electron chi connectivity index (χ4n) is 3.97. The third-order valence-electron chi connectivity index (χ3n) is 6.06. The van der Waals surface area contributed by atoms with Gasteiger partial charge >= 0.3 is 0 Å². The van der Waals surface area contributed by atoms with Gasteiger partial charge in [0.25, 0.3) is 0 Å². The number of halogens is 1. The highest BCUT2D eigenvalue weighted by molar-refractivity contribution is 7.94. The highest BCUT2D eigenvalue weighted by Gasteiger charge is 2.13. The van der Waals surface area contributed by atoms with Gasteiger partial charge in [0.05, 0.1) is 28.9 Å². The Hall–Kier alpha value is -3.19. The van der Waals surface area contributed by atoms with Gasteiger partial charge in [-0.15, -0.1) is 0 Å². The molecule has 0 spiro atoms. The molecule has 36 heavy (non-hydrogen) atoms. The molecule has 0 unspecified atom stereocenters. The molecule has 1 aromatic carbocycles. The van der Waals surface area contributed by atoms with Gasteiger partial charge in [-0.3, -0.25) is 0 Å². The first-order valence-corrected chi connectivity index (χ1v) is 13.0. The molecule has 0 radical (unpaired) electrons. The molecule has 194 valence electrons. The lowest BCUT2D eigenvalue weighted by atomic mass is 9.99. The van der Waals surface area contributed by atoms with E-state index in [-0.39, 0.29) is 12.1 Å². The quantitative estimate of drug-likeness (QED) is 0.171. The minimum absolute atomic E-state index is 0.203. The van der Waals surface area contributed by atoms with Crippen LogP contribution < -0.4 is 16.0 Å². The van der Waals surface area contributed by atoms with Gasteiger partial charge in [-0.05, 0) is 68.9 Å². The molecule has 0 aliphatic rings. The number of rotatable bonds is 15. The van der Waals surface area contributed by atoms with Crippen LogP contribution >= 0.6 is 12.1 Å². The van der Waals surface area contributed by atoms with E-state index >= 15 is 0 Å². The average molecular weight is 510 g/mol. The molecule has 3 N–H and O–H groups in total. The van der Waals surface area contributed by atoms with E-state index in [0.717, 1.165) is 77.5 Å². The largest absolute Gasteiger partial charge is 0.388 e. The number of benzene rings is 1. The molecule has 5 nitrogen and oxygen atoms in total. The van der Waals surface area contributed by atoms with Crippen molar-refractivity contribution in [2.45, 2.75) is 51.9 Å². The molecule has 7 heteroatoms. The summed E-state index contributed by atoms with van der Waals surface area (Å²) in [4.78, 5) is 0.496. The van der Waals surface area contributed by atoms with Crippen LogP contribution in [-0.2, 0) is 0 Å². The maximum Gasteiger partial charge on any atom is 0.128 e. The summed E-state index contributed by atoms with van der Waals surface area (Å²) in [6, 6.07) is 8.00. The normalized spacial score (nSPS) is 12.1. The molecule has 1 heterocycles. The Morgan fingerprint density at radius 2 is 1.78 bits per heavy atom. The maximum atomic E-state index is 13.3. The summed E-state index contributed by atoms with van der Waals surface area (Å²) in [6.07, 6.45) is 6.37. The summed E-state index contributed by atoms with van der Waals surface area (Å²) in [5.74, 6) is 0.757. The number of nitrogens with zero attached hydrogens (tertiary/aromatic N) is 2. The predicted molar refractivity (Wildman–Crippen MR) is 155 cm³/mol. The predicted octanol–water partition coefficient (Wildman–Crippen LogP) is 7.50. The number of para-hydroxylation sites is 1. The third kappa shape index (κ3) is 7.65. The van der Waals surface area contributed by atoms with Crippen molar-refractivity contribution in [3.63, 3.8) is 0 Å². The molecule has 2 aromatic rings. The number of anilines is 1. The van der Waals surface area contributed by atoms with Crippen molar-refractivity contribution >= 4 is 29.2 Å². The Bertz CT molecular complexity index is 1140. The molecule has 0 saturated carbocycles. The first-order valence-electron chi connectivity index (χ1n) is 12.3. The van der Waals surface area contributed by atoms with Crippen LogP contribution in [0, 0.1) is 6.92 Å². The Morgan fingerprint density at radius 3 is 2.36 bits per heavy atom. The van der Waals surface area contributed by atoms with Crippen LogP contribution in [0.2, 0.25) is 0 Å². The van der Waals surface area contributed by atoms with Crippen LogP contribution in [0.25, 0.3) is 11.4 Å². The number of allylic oxidation sites excluding steroid dienone is 4. The van der Waals surface area contributed by atoms with Gasteiger partial charge in [0.1, 0.15) is 5.82 Å². The van der Waals surface area contributed by atoms with Gasteiger partial charge in [0.15, 0.2) is 0 Å². The van der Waals surface area contributed by atoms with Crippen molar-refractivity contribution in [2.24, 2.45) is 0 Å². The van der Waals surface area contributed by atoms with E-state index in [0.29, 0.717) is 4.90 Å². The highest BCUT2D eigenvalue weighted by atomic mass is 32.2. The van der Waals surface area contributed by atoms with Crippen molar-refractivity contribution < 1.29 is 3.89 Å². The number of unbranched alkanes of at least 4 members (excludes halogenated alkanes) is 1. The monoisotopic (exact) mass is 509 g/mol.